The van der Waals surface area contributed by atoms with Crippen LogP contribution in [0.15, 0.2) is 12.2 Å². The third kappa shape index (κ3) is 27.3. The fraction of sp³-hybridized carbons (Fsp3) is 0.914. The average Bonchev–Trinajstić information content (AvgIpc) is 2.95. The molecule has 0 fully saturated rings. The van der Waals surface area contributed by atoms with Crippen LogP contribution in [0.25, 0.3) is 0 Å². The van der Waals surface area contributed by atoms with Crippen LogP contribution in [0.5, 0.6) is 0 Å². The van der Waals surface area contributed by atoms with Crippen LogP contribution in [0.1, 0.15) is 181 Å². The zero-order chi connectivity index (χ0) is 29.4. The predicted octanol–water partition coefficient (Wildman–Crippen LogP) is 10.1. The van der Waals surface area contributed by atoms with Gasteiger partial charge >= 0.3 is 0 Å². The molecule has 0 spiro atoms. The number of ether oxygens (including phenoxy) is 1. The standard InChI is InChI=1S/C35H70N2O3/c1-4-6-8-10-12-14-16-18-20-22-24-26-28-30-34(39-3)33(32-40-36)37-35(38)31-29-27-25-23-21-19-17-15-13-11-9-7-5-2/h28,30,33-34H,4-27,29,31-32,36H2,1-3H3,(H,37,38)/b30-28+/t33-,34+/m0/s1. The topological polar surface area (TPSA) is 73.6 Å². The molecule has 0 bridgehead atoms. The van der Waals surface area contributed by atoms with E-state index < -0.39 is 0 Å². The number of carbonyl (C=O) groups is 1. The van der Waals surface area contributed by atoms with Crippen molar-refractivity contribution in [3.05, 3.63) is 12.2 Å². The summed E-state index contributed by atoms with van der Waals surface area (Å²) in [6.45, 7) is 4.79. The molecular formula is C35H70N2O3. The van der Waals surface area contributed by atoms with Gasteiger partial charge in [-0.25, -0.2) is 5.90 Å². The van der Waals surface area contributed by atoms with Gasteiger partial charge in [0.15, 0.2) is 0 Å². The number of carbonyl (C=O) groups excluding carboxylic acids is 1. The minimum Gasteiger partial charge on any atom is -0.375 e. The first-order chi connectivity index (χ1) is 19.7. The maximum atomic E-state index is 12.6. The van der Waals surface area contributed by atoms with Gasteiger partial charge in [-0.05, 0) is 19.3 Å². The van der Waals surface area contributed by atoms with Crippen molar-refractivity contribution in [3.8, 4) is 0 Å². The second kappa shape index (κ2) is 32.6. The van der Waals surface area contributed by atoms with Crippen molar-refractivity contribution in [1.29, 1.82) is 0 Å². The molecule has 0 aromatic rings. The molecule has 0 aliphatic rings. The molecule has 0 saturated carbocycles. The molecule has 2 atom stereocenters. The number of unbranched alkanes of at least 4 members (excludes halogenated alkanes) is 23. The quantitative estimate of drug-likeness (QED) is 0.0482. The molecular weight excluding hydrogens is 496 g/mol. The summed E-state index contributed by atoms with van der Waals surface area (Å²) in [4.78, 5) is 17.5. The molecule has 3 N–H and O–H groups in total. The Morgan fingerprint density at radius 2 is 1.05 bits per heavy atom. The number of hydrogen-bond donors (Lipinski definition) is 2. The van der Waals surface area contributed by atoms with Crippen molar-refractivity contribution >= 4 is 5.91 Å². The van der Waals surface area contributed by atoms with Crippen molar-refractivity contribution in [2.45, 2.75) is 193 Å². The second-order valence-electron chi connectivity index (χ2n) is 12.0. The first-order valence-corrected chi connectivity index (χ1v) is 17.5. The summed E-state index contributed by atoms with van der Waals surface area (Å²) in [5.41, 5.74) is 0. The Hall–Kier alpha value is -0.910. The predicted molar refractivity (Wildman–Crippen MR) is 173 cm³/mol. The van der Waals surface area contributed by atoms with Crippen LogP contribution in [-0.4, -0.2) is 31.8 Å². The van der Waals surface area contributed by atoms with Crippen molar-refractivity contribution in [2.24, 2.45) is 5.90 Å². The fourth-order valence-electron chi connectivity index (χ4n) is 5.44. The van der Waals surface area contributed by atoms with Gasteiger partial charge in [0, 0.05) is 13.5 Å². The highest BCUT2D eigenvalue weighted by Gasteiger charge is 2.21. The second-order valence-corrected chi connectivity index (χ2v) is 12.0. The van der Waals surface area contributed by atoms with Gasteiger partial charge < -0.3 is 14.9 Å². The molecule has 5 heteroatoms. The van der Waals surface area contributed by atoms with E-state index in [0.29, 0.717) is 6.42 Å². The van der Waals surface area contributed by atoms with Crippen LogP contribution in [0.2, 0.25) is 0 Å². The smallest absolute Gasteiger partial charge is 0.220 e. The Balaban J connectivity index is 3.88. The largest absolute Gasteiger partial charge is 0.375 e. The van der Waals surface area contributed by atoms with Crippen molar-refractivity contribution in [3.63, 3.8) is 0 Å². The molecule has 0 rings (SSSR count). The van der Waals surface area contributed by atoms with E-state index in [4.69, 9.17) is 15.5 Å². The minimum atomic E-state index is -0.266. The van der Waals surface area contributed by atoms with E-state index in [-0.39, 0.29) is 24.7 Å². The Morgan fingerprint density at radius 1 is 0.650 bits per heavy atom. The summed E-state index contributed by atoms with van der Waals surface area (Å²) >= 11 is 0. The highest BCUT2D eigenvalue weighted by atomic mass is 16.6. The molecule has 0 aromatic heterocycles. The highest BCUT2D eigenvalue weighted by Crippen LogP contribution is 2.14. The monoisotopic (exact) mass is 567 g/mol. The minimum absolute atomic E-state index is 0.0611. The normalized spacial score (nSPS) is 13.2. The molecule has 0 aromatic carbocycles. The van der Waals surface area contributed by atoms with E-state index in [0.717, 1.165) is 19.3 Å². The average molecular weight is 567 g/mol. The lowest BCUT2D eigenvalue weighted by atomic mass is 10.0. The van der Waals surface area contributed by atoms with E-state index in [1.165, 1.54) is 141 Å². The molecule has 0 unspecified atom stereocenters. The van der Waals surface area contributed by atoms with E-state index in [9.17, 15) is 4.79 Å². The molecule has 238 valence electrons. The molecule has 0 aliphatic heterocycles. The van der Waals surface area contributed by atoms with Gasteiger partial charge in [-0.3, -0.25) is 4.79 Å². The Morgan fingerprint density at radius 3 is 1.45 bits per heavy atom. The first-order valence-electron chi connectivity index (χ1n) is 17.5. The Bertz CT molecular complexity index is 541. The van der Waals surface area contributed by atoms with Crippen LogP contribution in [0.3, 0.4) is 0 Å². The Kier molecular flexibility index (Phi) is 31.9. The van der Waals surface area contributed by atoms with E-state index >= 15 is 0 Å². The summed E-state index contributed by atoms with van der Waals surface area (Å²) in [6.07, 6.45) is 37.5. The van der Waals surface area contributed by atoms with Crippen LogP contribution in [0, 0.1) is 0 Å². The summed E-state index contributed by atoms with van der Waals surface area (Å²) < 4.78 is 5.66. The molecule has 1 amide bonds. The number of nitrogens with one attached hydrogen (secondary N) is 1. The van der Waals surface area contributed by atoms with E-state index in [1.54, 1.807) is 7.11 Å². The third-order valence-corrected chi connectivity index (χ3v) is 8.10. The van der Waals surface area contributed by atoms with Gasteiger partial charge in [0.25, 0.3) is 0 Å². The summed E-state index contributed by atoms with van der Waals surface area (Å²) in [5.74, 6) is 5.43. The van der Waals surface area contributed by atoms with Crippen LogP contribution < -0.4 is 11.2 Å². The molecule has 0 saturated heterocycles. The highest BCUT2D eigenvalue weighted by molar-refractivity contribution is 5.76. The maximum Gasteiger partial charge on any atom is 0.220 e. The van der Waals surface area contributed by atoms with Gasteiger partial charge in [0.05, 0.1) is 18.8 Å². The van der Waals surface area contributed by atoms with E-state index in [1.807, 2.05) is 0 Å². The summed E-state index contributed by atoms with van der Waals surface area (Å²) in [5, 5.41) is 3.09. The molecule has 5 nitrogen and oxygen atoms in total. The zero-order valence-corrected chi connectivity index (χ0v) is 27.2. The van der Waals surface area contributed by atoms with Crippen LogP contribution in [-0.2, 0) is 14.4 Å². The third-order valence-electron chi connectivity index (χ3n) is 8.10. The number of rotatable bonds is 32. The fourth-order valence-corrected chi connectivity index (χ4v) is 5.44. The first kappa shape index (κ1) is 39.1. The maximum absolute atomic E-state index is 12.6. The number of allylic oxidation sites excluding steroid dienone is 1. The molecule has 40 heavy (non-hydrogen) atoms. The molecule has 0 heterocycles. The number of hydrogen-bond acceptors (Lipinski definition) is 4. The van der Waals surface area contributed by atoms with Gasteiger partial charge in [-0.1, -0.05) is 167 Å². The lowest BCUT2D eigenvalue weighted by molar-refractivity contribution is -0.123. The molecule has 0 aliphatic carbocycles. The zero-order valence-electron chi connectivity index (χ0n) is 27.2. The number of methoxy groups -OCH3 is 1. The lowest BCUT2D eigenvalue weighted by Crippen LogP contribution is -2.47. The molecule has 0 radical (unpaired) electrons. The van der Waals surface area contributed by atoms with Crippen molar-refractivity contribution < 1.29 is 14.4 Å². The summed E-state index contributed by atoms with van der Waals surface area (Å²) in [6, 6.07) is -0.266. The van der Waals surface area contributed by atoms with E-state index in [2.05, 4.69) is 31.3 Å². The SMILES string of the molecule is CCCCCCCCCCCCC/C=C/[C@@H](OC)[C@H](CON)NC(=O)CCCCCCCCCCCCCCC. The van der Waals surface area contributed by atoms with Gasteiger partial charge in [-0.2, -0.15) is 0 Å². The van der Waals surface area contributed by atoms with Crippen LogP contribution in [0.4, 0.5) is 0 Å². The van der Waals surface area contributed by atoms with Gasteiger partial charge in [0.2, 0.25) is 5.91 Å². The van der Waals surface area contributed by atoms with Crippen LogP contribution >= 0.6 is 0 Å². The summed E-state index contributed by atoms with van der Waals surface area (Å²) in [7, 11) is 1.68. The van der Waals surface area contributed by atoms with Crippen molar-refractivity contribution in [1.82, 2.24) is 5.32 Å². The number of amides is 1. The van der Waals surface area contributed by atoms with Gasteiger partial charge in [0.1, 0.15) is 0 Å². The van der Waals surface area contributed by atoms with Gasteiger partial charge in [-0.15, -0.1) is 0 Å². The lowest BCUT2D eigenvalue weighted by Gasteiger charge is -2.24. The van der Waals surface area contributed by atoms with Crippen molar-refractivity contribution in [2.75, 3.05) is 13.7 Å². The number of nitrogens with two attached hydrogens (primary N) is 1. The Labute approximate surface area is 250 Å².